The zero-order valence-electron chi connectivity index (χ0n) is 12.1. The van der Waals surface area contributed by atoms with Gasteiger partial charge < -0.3 is 5.32 Å². The van der Waals surface area contributed by atoms with Crippen LogP contribution in [-0.2, 0) is 6.42 Å². The lowest BCUT2D eigenvalue weighted by molar-refractivity contribution is 0.524. The molecule has 2 aromatic rings. The van der Waals surface area contributed by atoms with Gasteiger partial charge in [0.05, 0.1) is 0 Å². The number of hydrogen-bond donors (Lipinski definition) is 1. The van der Waals surface area contributed by atoms with Crippen molar-refractivity contribution in [1.82, 2.24) is 10.3 Å². The Labute approximate surface area is 120 Å². The predicted octanol–water partition coefficient (Wildman–Crippen LogP) is 3.81. The molecule has 0 spiro atoms. The monoisotopic (exact) mass is 272 g/mol. The molecule has 0 aliphatic carbocycles. The summed E-state index contributed by atoms with van der Waals surface area (Å²) in [6.07, 6.45) is 5.54. The van der Waals surface area contributed by atoms with Gasteiger partial charge in [-0.15, -0.1) is 0 Å². The van der Waals surface area contributed by atoms with Gasteiger partial charge in [0.15, 0.2) is 0 Å². The van der Waals surface area contributed by atoms with Crippen LogP contribution in [0.4, 0.5) is 4.39 Å². The molecule has 2 nitrogen and oxygen atoms in total. The van der Waals surface area contributed by atoms with Crippen LogP contribution in [0.3, 0.4) is 0 Å². The van der Waals surface area contributed by atoms with Crippen molar-refractivity contribution in [3.8, 4) is 0 Å². The van der Waals surface area contributed by atoms with E-state index in [4.69, 9.17) is 0 Å². The number of aryl methyl sites for hydroxylation is 1. The van der Waals surface area contributed by atoms with E-state index in [1.165, 1.54) is 11.6 Å². The minimum Gasteiger partial charge on any atom is -0.310 e. The SMILES string of the molecule is CCCNC(Cc1cccc(F)c1)c1ccncc1C. The third kappa shape index (κ3) is 3.87. The van der Waals surface area contributed by atoms with Crippen LogP contribution in [-0.4, -0.2) is 11.5 Å². The predicted molar refractivity (Wildman–Crippen MR) is 80.1 cm³/mol. The molecule has 1 aromatic heterocycles. The lowest BCUT2D eigenvalue weighted by Gasteiger charge is -2.21. The van der Waals surface area contributed by atoms with Crippen molar-refractivity contribution in [1.29, 1.82) is 0 Å². The van der Waals surface area contributed by atoms with E-state index in [2.05, 4.69) is 24.1 Å². The molecule has 20 heavy (non-hydrogen) atoms. The number of halogens is 1. The topological polar surface area (TPSA) is 24.9 Å². The minimum absolute atomic E-state index is 0.178. The van der Waals surface area contributed by atoms with Crippen LogP contribution in [0, 0.1) is 12.7 Å². The van der Waals surface area contributed by atoms with E-state index in [0.717, 1.165) is 30.5 Å². The van der Waals surface area contributed by atoms with E-state index in [0.29, 0.717) is 0 Å². The summed E-state index contributed by atoms with van der Waals surface area (Å²) in [4.78, 5) is 4.14. The molecule has 2 rings (SSSR count). The second-order valence-electron chi connectivity index (χ2n) is 5.07. The zero-order valence-corrected chi connectivity index (χ0v) is 12.1. The molecule has 0 amide bonds. The number of nitrogens with one attached hydrogen (secondary N) is 1. The molecule has 1 atom stereocenters. The highest BCUT2D eigenvalue weighted by molar-refractivity contribution is 5.28. The highest BCUT2D eigenvalue weighted by atomic mass is 19.1. The Morgan fingerprint density at radius 3 is 2.85 bits per heavy atom. The highest BCUT2D eigenvalue weighted by Crippen LogP contribution is 2.21. The molecule has 0 aliphatic rings. The van der Waals surface area contributed by atoms with Crippen LogP contribution in [0.1, 0.15) is 36.1 Å². The number of benzene rings is 1. The quantitative estimate of drug-likeness (QED) is 0.865. The number of rotatable bonds is 6. The molecule has 0 fully saturated rings. The van der Waals surface area contributed by atoms with Crippen molar-refractivity contribution in [3.63, 3.8) is 0 Å². The molecule has 1 unspecified atom stereocenters. The standard InChI is InChI=1S/C17H21FN2/c1-3-8-20-17(16-7-9-19-12-13(16)2)11-14-5-4-6-15(18)10-14/h4-7,9-10,12,17,20H,3,8,11H2,1-2H3. The molecule has 0 aliphatic heterocycles. The van der Waals surface area contributed by atoms with Crippen LogP contribution < -0.4 is 5.32 Å². The zero-order chi connectivity index (χ0) is 14.4. The minimum atomic E-state index is -0.178. The van der Waals surface area contributed by atoms with Crippen LogP contribution in [0.15, 0.2) is 42.7 Å². The summed E-state index contributed by atoms with van der Waals surface area (Å²) in [5.74, 6) is -0.178. The van der Waals surface area contributed by atoms with E-state index in [1.807, 2.05) is 24.5 Å². The van der Waals surface area contributed by atoms with Gasteiger partial charge in [-0.25, -0.2) is 4.39 Å². The Morgan fingerprint density at radius 2 is 2.15 bits per heavy atom. The molecule has 0 saturated heterocycles. The summed E-state index contributed by atoms with van der Waals surface area (Å²) < 4.78 is 13.3. The van der Waals surface area contributed by atoms with Crippen LogP contribution in [0.5, 0.6) is 0 Å². The Kier molecular flexibility index (Phi) is 5.24. The number of aromatic nitrogens is 1. The van der Waals surface area contributed by atoms with Gasteiger partial charge in [0.1, 0.15) is 5.82 Å². The second-order valence-corrected chi connectivity index (χ2v) is 5.07. The summed E-state index contributed by atoms with van der Waals surface area (Å²) in [6.45, 7) is 5.15. The average molecular weight is 272 g/mol. The molecule has 1 aromatic carbocycles. The Bertz CT molecular complexity index is 554. The molecule has 1 N–H and O–H groups in total. The molecule has 0 saturated carbocycles. The number of pyridine rings is 1. The van der Waals surface area contributed by atoms with Gasteiger partial charge in [0.2, 0.25) is 0 Å². The lowest BCUT2D eigenvalue weighted by atomic mass is 9.96. The first-order valence-electron chi connectivity index (χ1n) is 7.09. The first kappa shape index (κ1) is 14.7. The van der Waals surface area contributed by atoms with Crippen molar-refractivity contribution in [2.24, 2.45) is 0 Å². The van der Waals surface area contributed by atoms with Crippen LogP contribution in [0.2, 0.25) is 0 Å². The van der Waals surface area contributed by atoms with Gasteiger partial charge in [-0.3, -0.25) is 4.98 Å². The maximum Gasteiger partial charge on any atom is 0.123 e. The van der Waals surface area contributed by atoms with Gasteiger partial charge >= 0.3 is 0 Å². The van der Waals surface area contributed by atoms with E-state index in [9.17, 15) is 4.39 Å². The molecule has 106 valence electrons. The summed E-state index contributed by atoms with van der Waals surface area (Å²) in [6, 6.07) is 9.07. The lowest BCUT2D eigenvalue weighted by Crippen LogP contribution is -2.25. The molecule has 0 bridgehead atoms. The smallest absolute Gasteiger partial charge is 0.123 e. The van der Waals surface area contributed by atoms with Gasteiger partial charge in [-0.2, -0.15) is 0 Å². The maximum absolute atomic E-state index is 13.3. The van der Waals surface area contributed by atoms with E-state index < -0.39 is 0 Å². The van der Waals surface area contributed by atoms with Crippen LogP contribution >= 0.6 is 0 Å². The van der Waals surface area contributed by atoms with Crippen molar-refractivity contribution >= 4 is 0 Å². The second kappa shape index (κ2) is 7.15. The summed E-state index contributed by atoms with van der Waals surface area (Å²) in [7, 11) is 0. The highest BCUT2D eigenvalue weighted by Gasteiger charge is 2.14. The van der Waals surface area contributed by atoms with Crippen LogP contribution in [0.25, 0.3) is 0 Å². The Morgan fingerprint density at radius 1 is 1.30 bits per heavy atom. The van der Waals surface area contributed by atoms with Crippen molar-refractivity contribution in [3.05, 3.63) is 65.2 Å². The fourth-order valence-corrected chi connectivity index (χ4v) is 2.39. The molecule has 0 radical (unpaired) electrons. The maximum atomic E-state index is 13.3. The molecule has 1 heterocycles. The van der Waals surface area contributed by atoms with Gasteiger partial charge in [0, 0.05) is 18.4 Å². The molecule has 3 heteroatoms. The first-order valence-corrected chi connectivity index (χ1v) is 7.09. The Hall–Kier alpha value is -1.74. The van der Waals surface area contributed by atoms with Crippen molar-refractivity contribution in [2.45, 2.75) is 32.7 Å². The van der Waals surface area contributed by atoms with Gasteiger partial charge in [-0.1, -0.05) is 19.1 Å². The van der Waals surface area contributed by atoms with Crippen molar-refractivity contribution < 1.29 is 4.39 Å². The number of hydrogen-bond acceptors (Lipinski definition) is 2. The fourth-order valence-electron chi connectivity index (χ4n) is 2.39. The van der Waals surface area contributed by atoms with E-state index >= 15 is 0 Å². The van der Waals surface area contributed by atoms with Crippen molar-refractivity contribution in [2.75, 3.05) is 6.54 Å². The average Bonchev–Trinajstić information content (AvgIpc) is 2.44. The molecular weight excluding hydrogens is 251 g/mol. The molecular formula is C17H21FN2. The van der Waals surface area contributed by atoms with E-state index in [-0.39, 0.29) is 11.9 Å². The third-order valence-corrected chi connectivity index (χ3v) is 3.41. The summed E-state index contributed by atoms with van der Waals surface area (Å²) >= 11 is 0. The largest absolute Gasteiger partial charge is 0.310 e. The van der Waals surface area contributed by atoms with E-state index in [1.54, 1.807) is 12.1 Å². The fraction of sp³-hybridized carbons (Fsp3) is 0.353. The normalized spacial score (nSPS) is 12.3. The summed E-state index contributed by atoms with van der Waals surface area (Å²) in [5.41, 5.74) is 3.41. The Balaban J connectivity index is 2.22. The first-order chi connectivity index (χ1) is 9.70. The summed E-state index contributed by atoms with van der Waals surface area (Å²) in [5, 5.41) is 3.54. The number of nitrogens with zero attached hydrogens (tertiary/aromatic N) is 1. The van der Waals surface area contributed by atoms with Gasteiger partial charge in [-0.05, 0) is 61.2 Å². The third-order valence-electron chi connectivity index (χ3n) is 3.41. The van der Waals surface area contributed by atoms with Gasteiger partial charge in [0.25, 0.3) is 0 Å².